The predicted molar refractivity (Wildman–Crippen MR) is 127 cm³/mol. The Labute approximate surface area is 203 Å². The number of benzene rings is 2. The second-order valence-electron chi connectivity index (χ2n) is 8.58. The SMILES string of the molecule is CCOc1ccc(N(C)S(=O)(=O)c2cc3c(cc2C)N(Cc2noc(C4CC4)n2)C(=O)CO3)cc1. The summed E-state index contributed by atoms with van der Waals surface area (Å²) in [6.45, 7) is 4.00. The monoisotopic (exact) mass is 498 g/mol. The smallest absolute Gasteiger partial charge is 0.265 e. The summed E-state index contributed by atoms with van der Waals surface area (Å²) in [6, 6.07) is 9.94. The number of fused-ring (bicyclic) bond motifs is 1. The number of hydrogen-bond acceptors (Lipinski definition) is 8. The van der Waals surface area contributed by atoms with Crippen LogP contribution < -0.4 is 18.7 Å². The third-order valence-corrected chi connectivity index (χ3v) is 7.99. The van der Waals surface area contributed by atoms with E-state index in [9.17, 15) is 13.2 Å². The van der Waals surface area contributed by atoms with Crippen molar-refractivity contribution in [2.24, 2.45) is 0 Å². The molecule has 0 bridgehead atoms. The molecule has 2 heterocycles. The van der Waals surface area contributed by atoms with Crippen molar-refractivity contribution in [1.82, 2.24) is 10.1 Å². The number of sulfonamides is 1. The molecule has 2 aromatic carbocycles. The van der Waals surface area contributed by atoms with Gasteiger partial charge in [0.2, 0.25) is 5.89 Å². The van der Waals surface area contributed by atoms with Crippen LogP contribution in [0.3, 0.4) is 0 Å². The highest BCUT2D eigenvalue weighted by atomic mass is 32.2. The van der Waals surface area contributed by atoms with Crippen LogP contribution >= 0.6 is 0 Å². The number of nitrogens with zero attached hydrogens (tertiary/aromatic N) is 4. The molecule has 1 fully saturated rings. The van der Waals surface area contributed by atoms with Gasteiger partial charge in [-0.3, -0.25) is 14.0 Å². The summed E-state index contributed by atoms with van der Waals surface area (Å²) < 4.78 is 44.5. The van der Waals surface area contributed by atoms with Crippen molar-refractivity contribution >= 4 is 27.3 Å². The van der Waals surface area contributed by atoms with Crippen LogP contribution in [0.2, 0.25) is 0 Å². The fourth-order valence-corrected chi connectivity index (χ4v) is 5.37. The lowest BCUT2D eigenvalue weighted by atomic mass is 10.1. The average Bonchev–Trinajstić information content (AvgIpc) is 3.59. The third kappa shape index (κ3) is 4.43. The molecule has 1 amide bonds. The molecule has 0 radical (unpaired) electrons. The van der Waals surface area contributed by atoms with Gasteiger partial charge in [0, 0.05) is 19.0 Å². The Morgan fingerprint density at radius 1 is 1.20 bits per heavy atom. The van der Waals surface area contributed by atoms with E-state index in [-0.39, 0.29) is 24.0 Å². The Morgan fingerprint density at radius 2 is 1.94 bits per heavy atom. The molecule has 0 atom stereocenters. The fourth-order valence-electron chi connectivity index (χ4n) is 3.96. The van der Waals surface area contributed by atoms with E-state index in [1.54, 1.807) is 37.3 Å². The number of aromatic nitrogens is 2. The molecule has 0 saturated heterocycles. The van der Waals surface area contributed by atoms with Gasteiger partial charge in [0.15, 0.2) is 12.4 Å². The lowest BCUT2D eigenvalue weighted by Gasteiger charge is -2.30. The molecule has 184 valence electrons. The summed E-state index contributed by atoms with van der Waals surface area (Å²) in [4.78, 5) is 18.7. The zero-order valence-electron chi connectivity index (χ0n) is 19.7. The maximum absolute atomic E-state index is 13.5. The van der Waals surface area contributed by atoms with Crippen LogP contribution in [0.15, 0.2) is 45.8 Å². The number of anilines is 2. The van der Waals surface area contributed by atoms with Gasteiger partial charge < -0.3 is 14.0 Å². The number of rotatable bonds is 8. The van der Waals surface area contributed by atoms with Crippen molar-refractivity contribution in [3.8, 4) is 11.5 Å². The standard InChI is InChI=1S/C24H26N4O6S/c1-4-32-18-9-7-17(8-10-18)27(3)35(30,31)21-12-20-19(11-15(21)2)28(23(29)14-33-20)13-22-25-24(34-26-22)16-5-6-16/h7-12,16H,4-6,13-14H2,1-3H3. The number of ether oxygens (including phenoxy) is 2. The molecule has 3 aromatic rings. The van der Waals surface area contributed by atoms with Gasteiger partial charge in [-0.05, 0) is 62.6 Å². The first-order chi connectivity index (χ1) is 16.8. The molecular formula is C24H26N4O6S. The van der Waals surface area contributed by atoms with Crippen LogP contribution in [0.1, 0.15) is 43.0 Å². The molecule has 5 rings (SSSR count). The van der Waals surface area contributed by atoms with Gasteiger partial charge >= 0.3 is 0 Å². The van der Waals surface area contributed by atoms with Crippen LogP contribution in [0.4, 0.5) is 11.4 Å². The molecule has 35 heavy (non-hydrogen) atoms. The Hall–Kier alpha value is -3.60. The minimum absolute atomic E-state index is 0.0949. The lowest BCUT2D eigenvalue weighted by molar-refractivity contribution is -0.121. The predicted octanol–water partition coefficient (Wildman–Crippen LogP) is 3.40. The van der Waals surface area contributed by atoms with Gasteiger partial charge in [0.25, 0.3) is 15.9 Å². The molecule has 0 N–H and O–H groups in total. The highest BCUT2D eigenvalue weighted by molar-refractivity contribution is 7.92. The first-order valence-corrected chi connectivity index (χ1v) is 12.8. The number of carbonyl (C=O) groups is 1. The van der Waals surface area contributed by atoms with E-state index in [1.807, 2.05) is 6.92 Å². The molecule has 1 aliphatic carbocycles. The van der Waals surface area contributed by atoms with E-state index < -0.39 is 10.0 Å². The molecule has 1 saturated carbocycles. The number of amides is 1. The second-order valence-corrected chi connectivity index (χ2v) is 10.5. The molecule has 11 heteroatoms. The van der Waals surface area contributed by atoms with Crippen molar-refractivity contribution in [3.05, 3.63) is 53.7 Å². The Balaban J connectivity index is 1.43. The molecule has 2 aliphatic rings. The van der Waals surface area contributed by atoms with Crippen molar-refractivity contribution in [1.29, 1.82) is 0 Å². The summed E-state index contributed by atoms with van der Waals surface area (Å²) in [7, 11) is -2.41. The van der Waals surface area contributed by atoms with Crippen molar-refractivity contribution in [2.45, 2.75) is 44.0 Å². The van der Waals surface area contributed by atoms with Gasteiger partial charge in [0.05, 0.1) is 29.4 Å². The molecule has 1 aromatic heterocycles. The zero-order chi connectivity index (χ0) is 24.7. The van der Waals surface area contributed by atoms with Crippen LogP contribution in [0, 0.1) is 6.92 Å². The van der Waals surface area contributed by atoms with E-state index >= 15 is 0 Å². The minimum atomic E-state index is -3.90. The summed E-state index contributed by atoms with van der Waals surface area (Å²) in [5.41, 5.74) is 1.45. The average molecular weight is 499 g/mol. The zero-order valence-corrected chi connectivity index (χ0v) is 20.5. The van der Waals surface area contributed by atoms with E-state index in [4.69, 9.17) is 14.0 Å². The van der Waals surface area contributed by atoms with Gasteiger partial charge in [-0.15, -0.1) is 0 Å². The van der Waals surface area contributed by atoms with E-state index in [0.29, 0.717) is 52.7 Å². The topological polar surface area (TPSA) is 115 Å². The molecule has 1 aliphatic heterocycles. The Bertz CT molecular complexity index is 1370. The first kappa shape index (κ1) is 23.2. The highest BCUT2D eigenvalue weighted by Gasteiger charge is 2.33. The van der Waals surface area contributed by atoms with Gasteiger partial charge in [0.1, 0.15) is 11.5 Å². The maximum atomic E-state index is 13.5. The van der Waals surface area contributed by atoms with Crippen molar-refractivity contribution < 1.29 is 27.2 Å². The lowest BCUT2D eigenvalue weighted by Crippen LogP contribution is -2.39. The summed E-state index contributed by atoms with van der Waals surface area (Å²) in [5, 5.41) is 4.00. The normalized spacial score (nSPS) is 15.5. The van der Waals surface area contributed by atoms with Crippen LogP contribution in [-0.2, 0) is 21.4 Å². The number of carbonyl (C=O) groups excluding carboxylic acids is 1. The van der Waals surface area contributed by atoms with Crippen LogP contribution in [-0.4, -0.2) is 44.7 Å². The largest absolute Gasteiger partial charge is 0.494 e. The number of aryl methyl sites for hydroxylation is 1. The molecule has 0 unspecified atom stereocenters. The van der Waals surface area contributed by atoms with E-state index in [2.05, 4.69) is 10.1 Å². The van der Waals surface area contributed by atoms with Crippen LogP contribution in [0.5, 0.6) is 11.5 Å². The second kappa shape index (κ2) is 8.88. The van der Waals surface area contributed by atoms with Gasteiger partial charge in [-0.25, -0.2) is 8.42 Å². The van der Waals surface area contributed by atoms with Gasteiger partial charge in [-0.1, -0.05) is 5.16 Å². The Kier molecular flexibility index (Phi) is 5.87. The van der Waals surface area contributed by atoms with Crippen molar-refractivity contribution in [3.63, 3.8) is 0 Å². The van der Waals surface area contributed by atoms with Crippen molar-refractivity contribution in [2.75, 3.05) is 29.5 Å². The first-order valence-electron chi connectivity index (χ1n) is 11.4. The van der Waals surface area contributed by atoms with E-state index in [1.165, 1.54) is 22.3 Å². The summed E-state index contributed by atoms with van der Waals surface area (Å²) >= 11 is 0. The van der Waals surface area contributed by atoms with E-state index in [0.717, 1.165) is 12.8 Å². The summed E-state index contributed by atoms with van der Waals surface area (Å²) in [6.07, 6.45) is 2.06. The third-order valence-electron chi connectivity index (χ3n) is 6.06. The quantitative estimate of drug-likeness (QED) is 0.464. The van der Waals surface area contributed by atoms with Gasteiger partial charge in [-0.2, -0.15) is 4.98 Å². The molecule has 0 spiro atoms. The molecular weight excluding hydrogens is 472 g/mol. The fraction of sp³-hybridized carbons (Fsp3) is 0.375. The maximum Gasteiger partial charge on any atom is 0.265 e. The minimum Gasteiger partial charge on any atom is -0.494 e. The Morgan fingerprint density at radius 3 is 2.63 bits per heavy atom. The highest BCUT2D eigenvalue weighted by Crippen LogP contribution is 2.40. The van der Waals surface area contributed by atoms with Crippen LogP contribution in [0.25, 0.3) is 0 Å². The summed E-state index contributed by atoms with van der Waals surface area (Å²) in [5.74, 6) is 2.01. The number of hydrogen-bond donors (Lipinski definition) is 0. The molecule has 10 nitrogen and oxygen atoms in total.